The number of rotatable bonds is 4. The summed E-state index contributed by atoms with van der Waals surface area (Å²) in [5.74, 6) is 0.402. The first-order valence-corrected chi connectivity index (χ1v) is 11.7. The van der Waals surface area contributed by atoms with E-state index >= 15 is 0 Å². The quantitative estimate of drug-likeness (QED) is 0.616. The maximum Gasteiger partial charge on any atom is 0.257 e. The molecular weight excluding hydrogens is 424 g/mol. The fourth-order valence-electron chi connectivity index (χ4n) is 4.52. The Kier molecular flexibility index (Phi) is 5.35. The Bertz CT molecular complexity index is 1160. The number of ketones is 1. The van der Waals surface area contributed by atoms with Crippen LogP contribution < -0.4 is 10.2 Å². The number of hydrogen-bond acceptors (Lipinski definition) is 6. The van der Waals surface area contributed by atoms with Crippen molar-refractivity contribution in [2.45, 2.75) is 26.7 Å². The lowest BCUT2D eigenvalue weighted by atomic mass is 9.75. The van der Waals surface area contributed by atoms with E-state index in [0.717, 1.165) is 46.1 Å². The molecule has 0 atom stereocenters. The normalized spacial score (nSPS) is 17.8. The summed E-state index contributed by atoms with van der Waals surface area (Å²) in [6.07, 6.45) is 4.66. The number of hydrogen-bond donors (Lipinski definition) is 2. The summed E-state index contributed by atoms with van der Waals surface area (Å²) in [5, 5.41) is 3.89. The Hall–Kier alpha value is -2.97. The van der Waals surface area contributed by atoms with Gasteiger partial charge in [-0.15, -0.1) is 11.3 Å². The lowest BCUT2D eigenvalue weighted by Gasteiger charge is -2.30. The van der Waals surface area contributed by atoms with Crippen LogP contribution in [-0.2, 0) is 11.2 Å². The summed E-state index contributed by atoms with van der Waals surface area (Å²) >= 11 is 1.60. The van der Waals surface area contributed by atoms with Crippen molar-refractivity contribution in [2.75, 3.05) is 36.5 Å². The van der Waals surface area contributed by atoms with Gasteiger partial charge < -0.3 is 14.6 Å². The number of amides is 1. The second kappa shape index (κ2) is 8.18. The number of nitrogens with one attached hydrogen (secondary N) is 2. The maximum atomic E-state index is 13.0. The zero-order chi connectivity index (χ0) is 22.3. The molecule has 0 bridgehead atoms. The number of nitrogens with zero attached hydrogens (tertiary/aromatic N) is 2. The van der Waals surface area contributed by atoms with E-state index in [4.69, 9.17) is 4.74 Å². The average molecular weight is 451 g/mol. The highest BCUT2D eigenvalue weighted by Gasteiger charge is 2.37. The number of carbonyl (C=O) groups excluding carboxylic acids is 2. The van der Waals surface area contributed by atoms with E-state index in [9.17, 15) is 9.59 Å². The largest absolute Gasteiger partial charge is 0.378 e. The molecule has 7 nitrogen and oxygen atoms in total. The third kappa shape index (κ3) is 3.96. The molecule has 5 rings (SSSR count). The number of aromatic nitrogens is 2. The first-order valence-electron chi connectivity index (χ1n) is 10.8. The van der Waals surface area contributed by atoms with Gasteiger partial charge in [0.15, 0.2) is 5.78 Å². The number of imidazole rings is 1. The van der Waals surface area contributed by atoms with Gasteiger partial charge in [0.25, 0.3) is 5.91 Å². The molecule has 1 aliphatic heterocycles. The third-order valence-electron chi connectivity index (χ3n) is 5.98. The molecule has 32 heavy (non-hydrogen) atoms. The van der Waals surface area contributed by atoms with Crippen LogP contribution in [0.25, 0.3) is 11.1 Å². The van der Waals surface area contributed by atoms with Gasteiger partial charge in [-0.2, -0.15) is 0 Å². The number of aromatic amines is 1. The van der Waals surface area contributed by atoms with Gasteiger partial charge in [-0.3, -0.25) is 14.9 Å². The van der Waals surface area contributed by atoms with Gasteiger partial charge in [0.05, 0.1) is 23.1 Å². The summed E-state index contributed by atoms with van der Waals surface area (Å²) in [7, 11) is 0. The van der Waals surface area contributed by atoms with Gasteiger partial charge in [-0.25, -0.2) is 4.98 Å². The van der Waals surface area contributed by atoms with Crippen molar-refractivity contribution in [3.63, 3.8) is 0 Å². The number of Topliss-reactive ketones (excluding diaryl/α,β-unsaturated/α-hetero) is 1. The fourth-order valence-corrected chi connectivity index (χ4v) is 5.85. The van der Waals surface area contributed by atoms with Crippen molar-refractivity contribution < 1.29 is 14.3 Å². The summed E-state index contributed by atoms with van der Waals surface area (Å²) in [6.45, 7) is 7.24. The van der Waals surface area contributed by atoms with E-state index in [2.05, 4.69) is 34.0 Å². The number of fused-ring (bicyclic) bond motifs is 1. The van der Waals surface area contributed by atoms with E-state index in [1.807, 2.05) is 18.2 Å². The van der Waals surface area contributed by atoms with E-state index in [1.165, 1.54) is 0 Å². The number of carbonyl (C=O) groups is 2. The lowest BCUT2D eigenvalue weighted by Crippen LogP contribution is -2.36. The minimum Gasteiger partial charge on any atom is -0.378 e. The van der Waals surface area contributed by atoms with Gasteiger partial charge in [-0.1, -0.05) is 26.0 Å². The Balaban J connectivity index is 1.59. The standard InChI is InChI=1S/C24H26N4O3S/c1-24(2)13-17-19(22(28-8-10-31-11-9-28)32-20(17)18(29)14-24)15-4-3-5-16(12-15)21(30)27-23-25-6-7-26-23/h3-7,12H,8-11,13-14H2,1-2H3,(H2,25,26,27,30). The molecule has 3 heterocycles. The van der Waals surface area contributed by atoms with Gasteiger partial charge in [0.2, 0.25) is 5.95 Å². The molecular formula is C24H26N4O3S. The number of thiophene rings is 1. The lowest BCUT2D eigenvalue weighted by molar-refractivity contribution is 0.0917. The van der Waals surface area contributed by atoms with Crippen LogP contribution in [0.2, 0.25) is 0 Å². The molecule has 0 radical (unpaired) electrons. The molecule has 0 saturated carbocycles. The summed E-state index contributed by atoms with van der Waals surface area (Å²) < 4.78 is 5.56. The van der Waals surface area contributed by atoms with Crippen LogP contribution in [0.1, 0.15) is 45.9 Å². The molecule has 8 heteroatoms. The molecule has 3 aromatic rings. The van der Waals surface area contributed by atoms with Gasteiger partial charge in [-0.05, 0) is 35.1 Å². The van der Waals surface area contributed by atoms with E-state index in [-0.39, 0.29) is 17.1 Å². The highest BCUT2D eigenvalue weighted by atomic mass is 32.1. The van der Waals surface area contributed by atoms with Gasteiger partial charge >= 0.3 is 0 Å². The molecule has 1 aromatic carbocycles. The molecule has 1 aliphatic carbocycles. The first kappa shape index (κ1) is 20.9. The smallest absolute Gasteiger partial charge is 0.257 e. The van der Waals surface area contributed by atoms with Crippen molar-refractivity contribution in [1.29, 1.82) is 0 Å². The van der Waals surface area contributed by atoms with Crippen molar-refractivity contribution >= 4 is 34.0 Å². The Morgan fingerprint density at radius 2 is 2.06 bits per heavy atom. The molecule has 1 fully saturated rings. The summed E-state index contributed by atoms with van der Waals surface area (Å²) in [6, 6.07) is 7.64. The molecule has 2 N–H and O–H groups in total. The second-order valence-electron chi connectivity index (χ2n) is 9.10. The Morgan fingerprint density at radius 3 is 2.81 bits per heavy atom. The molecule has 1 amide bonds. The van der Waals surface area contributed by atoms with Crippen LogP contribution in [-0.4, -0.2) is 48.0 Å². The molecule has 2 aromatic heterocycles. The molecule has 0 spiro atoms. The zero-order valence-corrected chi connectivity index (χ0v) is 19.1. The number of anilines is 2. The molecule has 166 valence electrons. The number of morpholine rings is 1. The third-order valence-corrected chi connectivity index (χ3v) is 7.31. The predicted octanol–water partition coefficient (Wildman–Crippen LogP) is 4.38. The predicted molar refractivity (Wildman–Crippen MR) is 126 cm³/mol. The average Bonchev–Trinajstić information content (AvgIpc) is 3.41. The van der Waals surface area contributed by atoms with Crippen molar-refractivity contribution in [3.05, 3.63) is 52.7 Å². The fraction of sp³-hybridized carbons (Fsp3) is 0.375. The van der Waals surface area contributed by atoms with E-state index in [1.54, 1.807) is 29.8 Å². The summed E-state index contributed by atoms with van der Waals surface area (Å²) in [5.41, 5.74) is 3.62. The van der Waals surface area contributed by atoms with Crippen molar-refractivity contribution in [1.82, 2.24) is 9.97 Å². The number of benzene rings is 1. The Morgan fingerprint density at radius 1 is 1.25 bits per heavy atom. The number of ether oxygens (including phenoxy) is 1. The van der Waals surface area contributed by atoms with Gasteiger partial charge in [0.1, 0.15) is 0 Å². The van der Waals surface area contributed by atoms with Crippen LogP contribution in [0.5, 0.6) is 0 Å². The van der Waals surface area contributed by atoms with Crippen LogP contribution in [0, 0.1) is 5.41 Å². The maximum absolute atomic E-state index is 13.0. The van der Waals surface area contributed by atoms with E-state index < -0.39 is 0 Å². The Labute approximate surface area is 190 Å². The van der Waals surface area contributed by atoms with Crippen LogP contribution in [0.15, 0.2) is 36.7 Å². The van der Waals surface area contributed by atoms with Gasteiger partial charge in [0, 0.05) is 43.0 Å². The molecule has 2 aliphatic rings. The SMILES string of the molecule is CC1(C)CC(=O)c2sc(N3CCOCC3)c(-c3cccc(C(=O)Nc4ncc[nH]4)c3)c2C1. The topological polar surface area (TPSA) is 87.3 Å². The first-order chi connectivity index (χ1) is 15.4. The zero-order valence-electron chi connectivity index (χ0n) is 18.2. The minimum absolute atomic E-state index is 0.0868. The molecule has 1 saturated heterocycles. The van der Waals surface area contributed by atoms with Crippen molar-refractivity contribution in [3.8, 4) is 11.1 Å². The minimum atomic E-state index is -0.227. The summed E-state index contributed by atoms with van der Waals surface area (Å²) in [4.78, 5) is 36.0. The van der Waals surface area contributed by atoms with Crippen LogP contribution in [0.4, 0.5) is 10.9 Å². The molecule has 0 unspecified atom stereocenters. The van der Waals surface area contributed by atoms with Crippen LogP contribution >= 0.6 is 11.3 Å². The highest BCUT2D eigenvalue weighted by molar-refractivity contribution is 7.19. The highest BCUT2D eigenvalue weighted by Crippen LogP contribution is 2.49. The second-order valence-corrected chi connectivity index (χ2v) is 10.1. The van der Waals surface area contributed by atoms with Crippen LogP contribution in [0.3, 0.4) is 0 Å². The number of H-pyrrole nitrogens is 1. The monoisotopic (exact) mass is 450 g/mol. The van der Waals surface area contributed by atoms with Crippen molar-refractivity contribution in [2.24, 2.45) is 5.41 Å². The van der Waals surface area contributed by atoms with E-state index in [0.29, 0.717) is 31.1 Å².